The number of hydrogen-bond donors (Lipinski definition) is 2. The number of hydrogen-bond acceptors (Lipinski definition) is 4. The predicted octanol–water partition coefficient (Wildman–Crippen LogP) is 3.30. The number of aryl methyl sites for hydroxylation is 1. The Morgan fingerprint density at radius 1 is 1.20 bits per heavy atom. The number of nitrogens with one attached hydrogen (secondary N) is 1. The van der Waals surface area contributed by atoms with Gasteiger partial charge in [-0.3, -0.25) is 4.72 Å². The van der Waals surface area contributed by atoms with Gasteiger partial charge in [-0.15, -0.1) is 0 Å². The summed E-state index contributed by atoms with van der Waals surface area (Å²) in [5.74, 6) is 0. The number of sulfonamides is 1. The molecule has 0 saturated heterocycles. The minimum atomic E-state index is -3.69. The van der Waals surface area contributed by atoms with E-state index in [-0.39, 0.29) is 4.90 Å². The zero-order chi connectivity index (χ0) is 14.9. The molecule has 0 bridgehead atoms. The number of pyridine rings is 1. The van der Waals surface area contributed by atoms with Crippen LogP contribution in [0, 0.1) is 6.92 Å². The van der Waals surface area contributed by atoms with Gasteiger partial charge in [0.25, 0.3) is 10.0 Å². The summed E-state index contributed by atoms with van der Waals surface area (Å²) in [4.78, 5) is 4.24. The van der Waals surface area contributed by atoms with Gasteiger partial charge in [-0.25, -0.2) is 13.4 Å². The van der Waals surface area contributed by atoms with Crippen molar-refractivity contribution in [2.75, 3.05) is 10.5 Å². The molecule has 0 radical (unpaired) electrons. The van der Waals surface area contributed by atoms with E-state index in [1.165, 1.54) is 12.1 Å². The third-order valence-electron chi connectivity index (χ3n) is 2.57. The Morgan fingerprint density at radius 3 is 2.50 bits per heavy atom. The lowest BCUT2D eigenvalue weighted by Crippen LogP contribution is -2.14. The van der Waals surface area contributed by atoms with Crippen molar-refractivity contribution in [3.8, 4) is 0 Å². The van der Waals surface area contributed by atoms with E-state index in [9.17, 15) is 8.42 Å². The summed E-state index contributed by atoms with van der Waals surface area (Å²) in [6.45, 7) is 1.72. The first-order valence-corrected chi connectivity index (χ1v) is 8.57. The van der Waals surface area contributed by atoms with Gasteiger partial charge >= 0.3 is 0 Å². The van der Waals surface area contributed by atoms with Crippen LogP contribution in [-0.2, 0) is 10.0 Å². The van der Waals surface area contributed by atoms with E-state index >= 15 is 0 Å². The Bertz CT molecular complexity index is 763. The maximum Gasteiger partial charge on any atom is 0.262 e. The van der Waals surface area contributed by atoms with Crippen molar-refractivity contribution < 1.29 is 8.42 Å². The lowest BCUT2D eigenvalue weighted by Gasteiger charge is -2.11. The highest BCUT2D eigenvalue weighted by Crippen LogP contribution is 2.25. The zero-order valence-electron chi connectivity index (χ0n) is 10.4. The quantitative estimate of drug-likeness (QED) is 0.589. The zero-order valence-corrected chi connectivity index (χ0v) is 14.4. The van der Waals surface area contributed by atoms with Gasteiger partial charge in [0.05, 0.1) is 16.3 Å². The first kappa shape index (κ1) is 15.3. The number of nitrogen functional groups attached to an aromatic ring is 1. The van der Waals surface area contributed by atoms with Gasteiger partial charge in [0.1, 0.15) is 4.60 Å². The molecule has 2 aromatic rings. The molecule has 1 aromatic carbocycles. The molecule has 2 rings (SSSR count). The van der Waals surface area contributed by atoms with Gasteiger partial charge in [-0.05, 0) is 69.1 Å². The van der Waals surface area contributed by atoms with Crippen molar-refractivity contribution in [1.82, 2.24) is 4.98 Å². The van der Waals surface area contributed by atoms with Crippen LogP contribution in [0.4, 0.5) is 11.4 Å². The Balaban J connectivity index is 2.38. The minimum absolute atomic E-state index is 0.0977. The largest absolute Gasteiger partial charge is 0.398 e. The van der Waals surface area contributed by atoms with Crippen molar-refractivity contribution in [2.45, 2.75) is 11.8 Å². The molecule has 8 heteroatoms. The molecule has 1 heterocycles. The van der Waals surface area contributed by atoms with Crippen molar-refractivity contribution in [1.29, 1.82) is 0 Å². The topological polar surface area (TPSA) is 85.1 Å². The average molecular weight is 421 g/mol. The Labute approximate surface area is 133 Å². The Kier molecular flexibility index (Phi) is 4.36. The molecule has 0 amide bonds. The van der Waals surface area contributed by atoms with E-state index in [1.54, 1.807) is 25.1 Å². The van der Waals surface area contributed by atoms with Crippen molar-refractivity contribution in [2.24, 2.45) is 0 Å². The number of rotatable bonds is 3. The van der Waals surface area contributed by atoms with Crippen LogP contribution in [0.5, 0.6) is 0 Å². The second kappa shape index (κ2) is 5.71. The van der Waals surface area contributed by atoms with Crippen molar-refractivity contribution >= 4 is 53.3 Å². The molecule has 0 aliphatic heterocycles. The smallest absolute Gasteiger partial charge is 0.262 e. The molecular weight excluding hydrogens is 410 g/mol. The molecule has 0 fully saturated rings. The SMILES string of the molecule is Cc1nc(Br)ccc1NS(=O)(=O)c1ccc(Br)c(N)c1. The van der Waals surface area contributed by atoms with Crippen LogP contribution in [-0.4, -0.2) is 13.4 Å². The predicted molar refractivity (Wildman–Crippen MR) is 86.0 cm³/mol. The van der Waals surface area contributed by atoms with E-state index in [0.29, 0.717) is 26.1 Å². The monoisotopic (exact) mass is 419 g/mol. The molecule has 20 heavy (non-hydrogen) atoms. The van der Waals surface area contributed by atoms with Gasteiger partial charge in [0.15, 0.2) is 0 Å². The van der Waals surface area contributed by atoms with E-state index in [2.05, 4.69) is 41.6 Å². The maximum absolute atomic E-state index is 12.3. The van der Waals surface area contributed by atoms with Crippen LogP contribution in [0.1, 0.15) is 5.69 Å². The highest BCUT2D eigenvalue weighted by atomic mass is 79.9. The van der Waals surface area contributed by atoms with Crippen LogP contribution in [0.2, 0.25) is 0 Å². The second-order valence-electron chi connectivity index (χ2n) is 4.06. The average Bonchev–Trinajstić information content (AvgIpc) is 2.36. The molecule has 0 aliphatic carbocycles. The lowest BCUT2D eigenvalue weighted by atomic mass is 10.3. The van der Waals surface area contributed by atoms with Crippen LogP contribution in [0.3, 0.4) is 0 Å². The number of anilines is 2. The fraction of sp³-hybridized carbons (Fsp3) is 0.0833. The summed E-state index contributed by atoms with van der Waals surface area (Å²) < 4.78 is 28.4. The maximum atomic E-state index is 12.3. The number of halogens is 2. The van der Waals surface area contributed by atoms with Gasteiger partial charge in [0, 0.05) is 10.2 Å². The molecule has 5 nitrogen and oxygen atoms in total. The Hall–Kier alpha value is -1.12. The van der Waals surface area contributed by atoms with Gasteiger partial charge in [-0.2, -0.15) is 0 Å². The number of nitrogens with two attached hydrogens (primary N) is 1. The van der Waals surface area contributed by atoms with E-state index in [4.69, 9.17) is 5.73 Å². The summed E-state index contributed by atoms with van der Waals surface area (Å²) in [6.07, 6.45) is 0. The second-order valence-corrected chi connectivity index (χ2v) is 7.40. The minimum Gasteiger partial charge on any atom is -0.398 e. The van der Waals surface area contributed by atoms with Crippen LogP contribution in [0.15, 0.2) is 44.3 Å². The molecule has 106 valence electrons. The highest BCUT2D eigenvalue weighted by Gasteiger charge is 2.16. The number of benzene rings is 1. The summed E-state index contributed by atoms with van der Waals surface area (Å²) in [5.41, 5.74) is 7.07. The molecule has 1 aromatic heterocycles. The Morgan fingerprint density at radius 2 is 1.90 bits per heavy atom. The summed E-state index contributed by atoms with van der Waals surface area (Å²) in [5, 5.41) is 0. The molecule has 3 N–H and O–H groups in total. The standard InChI is InChI=1S/C12H11Br2N3O2S/c1-7-11(4-5-12(14)16-7)17-20(18,19)8-2-3-9(13)10(15)6-8/h2-6,17H,15H2,1H3. The third kappa shape index (κ3) is 3.31. The van der Waals surface area contributed by atoms with Crippen LogP contribution < -0.4 is 10.5 Å². The number of aromatic nitrogens is 1. The van der Waals surface area contributed by atoms with Crippen LogP contribution >= 0.6 is 31.9 Å². The van der Waals surface area contributed by atoms with Gasteiger partial charge in [0.2, 0.25) is 0 Å². The fourth-order valence-corrected chi connectivity index (χ4v) is 3.33. The third-order valence-corrected chi connectivity index (χ3v) is 5.10. The van der Waals surface area contributed by atoms with Crippen molar-refractivity contribution in [3.05, 3.63) is 45.1 Å². The molecule has 0 unspecified atom stereocenters. The first-order valence-electron chi connectivity index (χ1n) is 5.50. The lowest BCUT2D eigenvalue weighted by molar-refractivity contribution is 0.601. The summed E-state index contributed by atoms with van der Waals surface area (Å²) in [6, 6.07) is 7.78. The van der Waals surface area contributed by atoms with E-state index in [0.717, 1.165) is 0 Å². The molecular formula is C12H11Br2N3O2S. The van der Waals surface area contributed by atoms with E-state index < -0.39 is 10.0 Å². The molecule has 0 saturated carbocycles. The highest BCUT2D eigenvalue weighted by molar-refractivity contribution is 9.10. The normalized spacial score (nSPS) is 11.3. The van der Waals surface area contributed by atoms with E-state index in [1.807, 2.05) is 0 Å². The fourth-order valence-electron chi connectivity index (χ4n) is 1.53. The molecule has 0 aliphatic rings. The summed E-state index contributed by atoms with van der Waals surface area (Å²) >= 11 is 6.46. The first-order chi connectivity index (χ1) is 9.29. The van der Waals surface area contributed by atoms with Gasteiger partial charge < -0.3 is 5.73 Å². The molecule has 0 atom stereocenters. The van der Waals surface area contributed by atoms with Crippen molar-refractivity contribution in [3.63, 3.8) is 0 Å². The summed E-state index contributed by atoms with van der Waals surface area (Å²) in [7, 11) is -3.69. The van der Waals surface area contributed by atoms with Crippen LogP contribution in [0.25, 0.3) is 0 Å². The number of nitrogens with zero attached hydrogens (tertiary/aromatic N) is 1. The van der Waals surface area contributed by atoms with Gasteiger partial charge in [-0.1, -0.05) is 0 Å². The molecule has 0 spiro atoms.